The molecule has 6 nitrogen and oxygen atoms in total. The first-order chi connectivity index (χ1) is 8.75. The number of likely N-dealkylation sites (N-methyl/N-ethyl adjacent to an activating group) is 1. The monoisotopic (exact) mass is 247 g/mol. The zero-order valence-corrected chi connectivity index (χ0v) is 10.6. The van der Waals surface area contributed by atoms with Crippen LogP contribution in [-0.2, 0) is 0 Å². The molecule has 1 atom stereocenters. The molecule has 0 saturated carbocycles. The molecule has 0 aliphatic carbocycles. The quantitative estimate of drug-likeness (QED) is 0.827. The Kier molecular flexibility index (Phi) is 2.89. The fourth-order valence-corrected chi connectivity index (χ4v) is 2.25. The van der Waals surface area contributed by atoms with Crippen molar-refractivity contribution in [2.75, 3.05) is 26.7 Å². The number of H-pyrrole nitrogens is 1. The van der Waals surface area contributed by atoms with Crippen molar-refractivity contribution in [2.45, 2.75) is 13.0 Å². The summed E-state index contributed by atoms with van der Waals surface area (Å²) in [5.41, 5.74) is 2.08. The molecule has 3 rings (SSSR count). The number of aromatic nitrogens is 3. The lowest BCUT2D eigenvalue weighted by Crippen LogP contribution is -2.44. The van der Waals surface area contributed by atoms with Crippen LogP contribution in [0.15, 0.2) is 16.9 Å². The molecule has 0 bridgehead atoms. The molecule has 3 heterocycles. The second-order valence-electron chi connectivity index (χ2n) is 4.71. The van der Waals surface area contributed by atoms with Crippen molar-refractivity contribution in [3.8, 4) is 11.5 Å². The first-order valence-electron chi connectivity index (χ1n) is 6.14. The van der Waals surface area contributed by atoms with Crippen LogP contribution in [0.25, 0.3) is 11.5 Å². The highest BCUT2D eigenvalue weighted by atomic mass is 16.5. The summed E-state index contributed by atoms with van der Waals surface area (Å²) in [5, 5.41) is 7.46. The third-order valence-corrected chi connectivity index (χ3v) is 3.43. The van der Waals surface area contributed by atoms with Gasteiger partial charge in [0.25, 0.3) is 5.89 Å². The number of aromatic amines is 1. The van der Waals surface area contributed by atoms with E-state index in [1.54, 1.807) is 0 Å². The van der Waals surface area contributed by atoms with Crippen LogP contribution in [-0.4, -0.2) is 46.7 Å². The van der Waals surface area contributed by atoms with Crippen LogP contribution in [0.2, 0.25) is 0 Å². The van der Waals surface area contributed by atoms with E-state index in [9.17, 15) is 0 Å². The second kappa shape index (κ2) is 4.55. The van der Waals surface area contributed by atoms with E-state index in [4.69, 9.17) is 4.52 Å². The number of rotatable bonds is 2. The van der Waals surface area contributed by atoms with Crippen molar-refractivity contribution in [1.82, 2.24) is 25.3 Å². The van der Waals surface area contributed by atoms with Gasteiger partial charge in [-0.2, -0.15) is 4.98 Å². The van der Waals surface area contributed by atoms with Crippen LogP contribution in [0.4, 0.5) is 0 Å². The van der Waals surface area contributed by atoms with Crippen molar-refractivity contribution in [3.05, 3.63) is 23.8 Å². The minimum atomic E-state index is 0.190. The lowest BCUT2D eigenvalue weighted by molar-refractivity contribution is 0.190. The standard InChI is InChI=1S/C12H17N5O/c1-8-5-14-6-9(8)12-15-11(16-18-12)10-7-13-3-4-17(10)2/h5-6,10,13-14H,3-4,7H2,1-2H3. The third-order valence-electron chi connectivity index (χ3n) is 3.43. The third kappa shape index (κ3) is 1.93. The normalized spacial score (nSPS) is 21.3. The van der Waals surface area contributed by atoms with Crippen LogP contribution < -0.4 is 5.32 Å². The molecular formula is C12H17N5O. The zero-order valence-electron chi connectivity index (χ0n) is 10.6. The van der Waals surface area contributed by atoms with Crippen LogP contribution >= 0.6 is 0 Å². The second-order valence-corrected chi connectivity index (χ2v) is 4.71. The average Bonchev–Trinajstić information content (AvgIpc) is 2.98. The first-order valence-corrected chi connectivity index (χ1v) is 6.14. The van der Waals surface area contributed by atoms with E-state index in [1.165, 1.54) is 0 Å². The van der Waals surface area contributed by atoms with Crippen molar-refractivity contribution in [1.29, 1.82) is 0 Å². The Morgan fingerprint density at radius 1 is 1.44 bits per heavy atom. The van der Waals surface area contributed by atoms with E-state index in [0.29, 0.717) is 5.89 Å². The Bertz CT molecular complexity index is 532. The molecule has 0 amide bonds. The van der Waals surface area contributed by atoms with Gasteiger partial charge in [-0.3, -0.25) is 4.90 Å². The van der Waals surface area contributed by atoms with Gasteiger partial charge >= 0.3 is 0 Å². The van der Waals surface area contributed by atoms with Gasteiger partial charge in [0.15, 0.2) is 5.82 Å². The molecule has 0 spiro atoms. The number of hydrogen-bond acceptors (Lipinski definition) is 5. The summed E-state index contributed by atoms with van der Waals surface area (Å²) in [7, 11) is 2.09. The Morgan fingerprint density at radius 2 is 2.33 bits per heavy atom. The van der Waals surface area contributed by atoms with E-state index in [0.717, 1.165) is 36.6 Å². The van der Waals surface area contributed by atoms with Gasteiger partial charge in [-0.25, -0.2) is 0 Å². The van der Waals surface area contributed by atoms with Gasteiger partial charge in [0.05, 0.1) is 11.6 Å². The molecule has 6 heteroatoms. The molecular weight excluding hydrogens is 230 g/mol. The molecule has 96 valence electrons. The zero-order chi connectivity index (χ0) is 12.5. The highest BCUT2D eigenvalue weighted by Crippen LogP contribution is 2.24. The smallest absolute Gasteiger partial charge is 0.259 e. The van der Waals surface area contributed by atoms with E-state index in [2.05, 4.69) is 32.4 Å². The maximum absolute atomic E-state index is 5.36. The van der Waals surface area contributed by atoms with Crippen LogP contribution in [0, 0.1) is 6.92 Å². The minimum Gasteiger partial charge on any atom is -0.367 e. The molecule has 18 heavy (non-hydrogen) atoms. The maximum Gasteiger partial charge on any atom is 0.259 e. The highest BCUT2D eigenvalue weighted by Gasteiger charge is 2.25. The number of aryl methyl sites for hydroxylation is 1. The number of nitrogens with zero attached hydrogens (tertiary/aromatic N) is 3. The maximum atomic E-state index is 5.36. The number of piperazine rings is 1. The summed E-state index contributed by atoms with van der Waals surface area (Å²) in [6, 6.07) is 0.190. The van der Waals surface area contributed by atoms with Crippen LogP contribution in [0.1, 0.15) is 17.4 Å². The molecule has 1 saturated heterocycles. The van der Waals surface area contributed by atoms with Gasteiger partial charge in [-0.05, 0) is 19.5 Å². The average molecular weight is 247 g/mol. The summed E-state index contributed by atoms with van der Waals surface area (Å²) < 4.78 is 5.36. The number of hydrogen-bond donors (Lipinski definition) is 2. The van der Waals surface area contributed by atoms with E-state index in [-0.39, 0.29) is 6.04 Å². The Balaban J connectivity index is 1.87. The predicted octanol–water partition coefficient (Wildman–Crippen LogP) is 0.949. The van der Waals surface area contributed by atoms with E-state index < -0.39 is 0 Å². The van der Waals surface area contributed by atoms with Crippen LogP contribution in [0.5, 0.6) is 0 Å². The fraction of sp³-hybridized carbons (Fsp3) is 0.500. The first kappa shape index (κ1) is 11.4. The Labute approximate surface area is 105 Å². The SMILES string of the molecule is Cc1c[nH]cc1-c1nc(C2CNCCN2C)no1. The lowest BCUT2D eigenvalue weighted by Gasteiger charge is -2.30. The highest BCUT2D eigenvalue weighted by molar-refractivity contribution is 5.56. The molecule has 1 aliphatic heterocycles. The van der Waals surface area contributed by atoms with Crippen molar-refractivity contribution in [3.63, 3.8) is 0 Å². The summed E-state index contributed by atoms with van der Waals surface area (Å²) in [4.78, 5) is 9.80. The fourth-order valence-electron chi connectivity index (χ4n) is 2.25. The molecule has 1 fully saturated rings. The number of nitrogens with one attached hydrogen (secondary N) is 2. The van der Waals surface area contributed by atoms with Crippen molar-refractivity contribution < 1.29 is 4.52 Å². The lowest BCUT2D eigenvalue weighted by atomic mass is 10.2. The van der Waals surface area contributed by atoms with E-state index in [1.807, 2.05) is 19.3 Å². The topological polar surface area (TPSA) is 70.0 Å². The minimum absolute atomic E-state index is 0.190. The molecule has 0 aromatic carbocycles. The molecule has 1 aliphatic rings. The summed E-state index contributed by atoms with van der Waals surface area (Å²) in [6.45, 7) is 4.89. The summed E-state index contributed by atoms with van der Waals surface area (Å²) >= 11 is 0. The largest absolute Gasteiger partial charge is 0.367 e. The molecule has 2 aromatic rings. The van der Waals surface area contributed by atoms with Gasteiger partial charge in [0, 0.05) is 32.0 Å². The predicted molar refractivity (Wildman–Crippen MR) is 67.1 cm³/mol. The van der Waals surface area contributed by atoms with Crippen LogP contribution in [0.3, 0.4) is 0 Å². The Hall–Kier alpha value is -1.66. The van der Waals surface area contributed by atoms with Gasteiger partial charge in [0.1, 0.15) is 0 Å². The van der Waals surface area contributed by atoms with Gasteiger partial charge in [-0.15, -0.1) is 0 Å². The van der Waals surface area contributed by atoms with Gasteiger partial charge in [0.2, 0.25) is 0 Å². The molecule has 0 radical (unpaired) electrons. The van der Waals surface area contributed by atoms with Crippen molar-refractivity contribution >= 4 is 0 Å². The summed E-state index contributed by atoms with van der Waals surface area (Å²) in [5.74, 6) is 1.34. The van der Waals surface area contributed by atoms with Gasteiger partial charge in [-0.1, -0.05) is 5.16 Å². The van der Waals surface area contributed by atoms with E-state index >= 15 is 0 Å². The van der Waals surface area contributed by atoms with Crippen molar-refractivity contribution in [2.24, 2.45) is 0 Å². The summed E-state index contributed by atoms with van der Waals surface area (Å²) in [6.07, 6.45) is 3.81. The Morgan fingerprint density at radius 3 is 3.06 bits per heavy atom. The molecule has 2 aromatic heterocycles. The molecule has 1 unspecified atom stereocenters. The molecule has 2 N–H and O–H groups in total. The van der Waals surface area contributed by atoms with Gasteiger partial charge < -0.3 is 14.8 Å².